The molecule has 7 heteroatoms. The van der Waals surface area contributed by atoms with Crippen LogP contribution in [0.25, 0.3) is 0 Å². The zero-order chi connectivity index (χ0) is 12.9. The average Bonchev–Trinajstić information content (AvgIpc) is 2.08. The van der Waals surface area contributed by atoms with Gasteiger partial charge in [-0.3, -0.25) is 4.79 Å². The highest BCUT2D eigenvalue weighted by atomic mass is 32.2. The fraction of sp³-hybridized carbons (Fsp3) is 0.889. The van der Waals surface area contributed by atoms with Crippen molar-refractivity contribution in [3.63, 3.8) is 0 Å². The number of unbranched alkanes of at least 4 members (excludes halogenated alkanes) is 1. The summed E-state index contributed by atoms with van der Waals surface area (Å²) in [6.07, 6.45) is 3.15. The Morgan fingerprint density at radius 3 is 2.12 bits per heavy atom. The number of carbonyl (C=O) groups is 1. The molecule has 0 spiro atoms. The van der Waals surface area contributed by atoms with Crippen LogP contribution in [0.2, 0.25) is 0 Å². The van der Waals surface area contributed by atoms with Crippen LogP contribution in [0.4, 0.5) is 0 Å². The van der Waals surface area contributed by atoms with Crippen molar-refractivity contribution in [1.82, 2.24) is 9.42 Å². The lowest BCUT2D eigenvalue weighted by Crippen LogP contribution is -2.53. The minimum absolute atomic E-state index is 0.442. The molecule has 0 aromatic rings. The quantitative estimate of drug-likeness (QED) is 0.633. The number of hydrogen-bond donors (Lipinski definition) is 1. The molecule has 0 aliphatic rings. The van der Waals surface area contributed by atoms with Gasteiger partial charge in [-0.25, -0.2) is 13.4 Å². The van der Waals surface area contributed by atoms with Crippen LogP contribution in [-0.2, 0) is 14.8 Å². The van der Waals surface area contributed by atoms with Gasteiger partial charge in [-0.1, -0.05) is 19.8 Å². The van der Waals surface area contributed by atoms with E-state index in [0.29, 0.717) is 6.42 Å². The summed E-state index contributed by atoms with van der Waals surface area (Å²) < 4.78 is 24.1. The molecule has 0 aromatic heterocycles. The first-order valence-corrected chi connectivity index (χ1v) is 7.02. The van der Waals surface area contributed by atoms with Gasteiger partial charge >= 0.3 is 0 Å². The molecule has 0 radical (unpaired) electrons. The van der Waals surface area contributed by atoms with E-state index in [4.69, 9.17) is 5.73 Å². The van der Waals surface area contributed by atoms with E-state index in [1.54, 1.807) is 14.1 Å². The fourth-order valence-corrected chi connectivity index (χ4v) is 2.83. The van der Waals surface area contributed by atoms with Crippen LogP contribution in [0, 0.1) is 0 Å². The first kappa shape index (κ1) is 15.3. The molecule has 0 aromatic carbocycles. The molecule has 0 bridgehead atoms. The van der Waals surface area contributed by atoms with Gasteiger partial charge in [0.1, 0.15) is 6.04 Å². The van der Waals surface area contributed by atoms with Crippen molar-refractivity contribution in [3.8, 4) is 0 Å². The van der Waals surface area contributed by atoms with E-state index in [1.807, 2.05) is 6.92 Å². The molecule has 1 unspecified atom stereocenters. The Morgan fingerprint density at radius 1 is 1.38 bits per heavy atom. The van der Waals surface area contributed by atoms with Gasteiger partial charge in [0.05, 0.1) is 6.26 Å². The Kier molecular flexibility index (Phi) is 5.91. The van der Waals surface area contributed by atoms with E-state index >= 15 is 0 Å². The van der Waals surface area contributed by atoms with Gasteiger partial charge in [0.25, 0.3) is 0 Å². The number of rotatable bonds is 7. The van der Waals surface area contributed by atoms with Crippen LogP contribution in [0.5, 0.6) is 0 Å². The fourth-order valence-electron chi connectivity index (χ4n) is 1.57. The molecular weight excluding hydrogens is 230 g/mol. The van der Waals surface area contributed by atoms with E-state index < -0.39 is 22.0 Å². The van der Waals surface area contributed by atoms with Gasteiger partial charge in [-0.15, -0.1) is 4.41 Å². The van der Waals surface area contributed by atoms with E-state index in [1.165, 1.54) is 5.01 Å². The molecule has 96 valence electrons. The number of nitrogens with zero attached hydrogens (tertiary/aromatic N) is 2. The summed E-state index contributed by atoms with van der Waals surface area (Å²) in [5.41, 5.74) is 5.24. The summed E-state index contributed by atoms with van der Waals surface area (Å²) in [6, 6.07) is -0.801. The molecule has 0 rings (SSSR count). The van der Waals surface area contributed by atoms with Crippen molar-refractivity contribution in [2.24, 2.45) is 5.73 Å². The van der Waals surface area contributed by atoms with Crippen LogP contribution < -0.4 is 5.73 Å². The maximum atomic E-state index is 11.6. The van der Waals surface area contributed by atoms with Gasteiger partial charge in [0.2, 0.25) is 15.9 Å². The largest absolute Gasteiger partial charge is 0.368 e. The number of hydrogen-bond acceptors (Lipinski definition) is 4. The highest BCUT2D eigenvalue weighted by Crippen LogP contribution is 2.13. The summed E-state index contributed by atoms with van der Waals surface area (Å²) in [5.74, 6) is -0.618. The van der Waals surface area contributed by atoms with Gasteiger partial charge < -0.3 is 5.73 Å². The van der Waals surface area contributed by atoms with Crippen molar-refractivity contribution in [3.05, 3.63) is 0 Å². The Bertz CT molecular complexity index is 327. The van der Waals surface area contributed by atoms with Gasteiger partial charge in [-0.05, 0) is 6.42 Å². The van der Waals surface area contributed by atoms with Crippen molar-refractivity contribution in [2.75, 3.05) is 20.4 Å². The van der Waals surface area contributed by atoms with Crippen LogP contribution in [-0.4, -0.2) is 50.1 Å². The van der Waals surface area contributed by atoms with Crippen LogP contribution >= 0.6 is 0 Å². The molecule has 2 N–H and O–H groups in total. The Labute approximate surface area is 97.4 Å². The molecule has 0 heterocycles. The lowest BCUT2D eigenvalue weighted by atomic mass is 10.1. The second-order valence-electron chi connectivity index (χ2n) is 3.94. The normalized spacial score (nSPS) is 14.4. The number of primary amides is 1. The third kappa shape index (κ3) is 4.46. The van der Waals surface area contributed by atoms with Crippen molar-refractivity contribution in [1.29, 1.82) is 0 Å². The van der Waals surface area contributed by atoms with Crippen LogP contribution in [0.15, 0.2) is 0 Å². The Balaban J connectivity index is 5.04. The Morgan fingerprint density at radius 2 is 1.88 bits per heavy atom. The third-order valence-corrected chi connectivity index (χ3v) is 3.42. The zero-order valence-corrected chi connectivity index (χ0v) is 11.1. The van der Waals surface area contributed by atoms with Gasteiger partial charge in [-0.2, -0.15) is 0 Å². The standard InChI is InChI=1S/C9H21N3O3S/c1-5-6-7-8(9(10)13)12(11(2)3)16(4,14)15/h8H,5-7H2,1-4H3,(H2,10,13). The lowest BCUT2D eigenvalue weighted by Gasteiger charge is -2.32. The lowest BCUT2D eigenvalue weighted by molar-refractivity contribution is -0.125. The van der Waals surface area contributed by atoms with Crippen LogP contribution in [0.3, 0.4) is 0 Å². The van der Waals surface area contributed by atoms with E-state index in [9.17, 15) is 13.2 Å². The maximum absolute atomic E-state index is 11.6. The summed E-state index contributed by atoms with van der Waals surface area (Å²) in [7, 11) is -0.336. The molecule has 0 saturated carbocycles. The number of amides is 1. The Hall–Kier alpha value is -0.660. The topological polar surface area (TPSA) is 83.7 Å². The molecule has 0 fully saturated rings. The van der Waals surface area contributed by atoms with Crippen LogP contribution in [0.1, 0.15) is 26.2 Å². The molecule has 6 nitrogen and oxygen atoms in total. The minimum Gasteiger partial charge on any atom is -0.368 e. The molecule has 16 heavy (non-hydrogen) atoms. The molecule has 1 atom stereocenters. The number of nitrogens with two attached hydrogens (primary N) is 1. The predicted molar refractivity (Wildman–Crippen MR) is 62.9 cm³/mol. The predicted octanol–water partition coefficient (Wildman–Crippen LogP) is -0.231. The smallest absolute Gasteiger partial charge is 0.237 e. The van der Waals surface area contributed by atoms with Crippen molar-refractivity contribution in [2.45, 2.75) is 32.2 Å². The molecule has 0 aliphatic carbocycles. The van der Waals surface area contributed by atoms with Gasteiger partial charge in [0, 0.05) is 14.1 Å². The third-order valence-electron chi connectivity index (χ3n) is 2.16. The second kappa shape index (κ2) is 6.17. The first-order valence-electron chi connectivity index (χ1n) is 5.17. The summed E-state index contributed by atoms with van der Waals surface area (Å²) in [4.78, 5) is 11.3. The minimum atomic E-state index is -3.48. The second-order valence-corrected chi connectivity index (χ2v) is 5.78. The number of carbonyl (C=O) groups excluding carboxylic acids is 1. The first-order chi connectivity index (χ1) is 7.21. The molecule has 1 amide bonds. The van der Waals surface area contributed by atoms with Crippen molar-refractivity contribution < 1.29 is 13.2 Å². The van der Waals surface area contributed by atoms with E-state index in [0.717, 1.165) is 23.5 Å². The summed E-state index contributed by atoms with van der Waals surface area (Å²) >= 11 is 0. The molecular formula is C9H21N3O3S. The molecule has 0 saturated heterocycles. The van der Waals surface area contributed by atoms with Crippen molar-refractivity contribution >= 4 is 15.9 Å². The highest BCUT2D eigenvalue weighted by molar-refractivity contribution is 7.88. The average molecular weight is 251 g/mol. The SMILES string of the molecule is CCCCC(C(N)=O)N(N(C)C)S(C)(=O)=O. The monoisotopic (exact) mass is 251 g/mol. The van der Waals surface area contributed by atoms with E-state index in [-0.39, 0.29) is 0 Å². The number of sulfonamides is 1. The summed E-state index contributed by atoms with van der Waals surface area (Å²) in [5, 5.41) is 1.38. The molecule has 0 aliphatic heterocycles. The van der Waals surface area contributed by atoms with Gasteiger partial charge in [0.15, 0.2) is 0 Å². The zero-order valence-electron chi connectivity index (χ0n) is 10.3. The maximum Gasteiger partial charge on any atom is 0.237 e. The number of hydrazine groups is 1. The summed E-state index contributed by atoms with van der Waals surface area (Å²) in [6.45, 7) is 1.97. The highest BCUT2D eigenvalue weighted by Gasteiger charge is 2.32. The van der Waals surface area contributed by atoms with E-state index in [2.05, 4.69) is 0 Å².